The van der Waals surface area contributed by atoms with Crippen LogP contribution < -0.4 is 10.6 Å². The van der Waals surface area contributed by atoms with Crippen LogP contribution in [-0.4, -0.2) is 23.0 Å². The Morgan fingerprint density at radius 1 is 1.04 bits per heavy atom. The predicted octanol–water partition coefficient (Wildman–Crippen LogP) is 3.42. The summed E-state index contributed by atoms with van der Waals surface area (Å²) in [7, 11) is -0.974. The van der Waals surface area contributed by atoms with Gasteiger partial charge >= 0.3 is 6.03 Å². The minimum absolute atomic E-state index is 0.168. The maximum absolute atomic E-state index is 11.8. The van der Waals surface area contributed by atoms with Crippen LogP contribution in [0.1, 0.15) is 30.4 Å². The molecule has 2 aromatic carbocycles. The minimum atomic E-state index is -0.974. The lowest BCUT2D eigenvalue weighted by atomic mass is 9.98. The van der Waals surface area contributed by atoms with Gasteiger partial charge in [0.25, 0.3) is 0 Å². The number of carbonyl (C=O) groups excluding carboxylic acids is 1. The van der Waals surface area contributed by atoms with Gasteiger partial charge in [0.05, 0.1) is 0 Å². The summed E-state index contributed by atoms with van der Waals surface area (Å²) in [5, 5.41) is 5.72. The summed E-state index contributed by atoms with van der Waals surface area (Å²) in [5.74, 6) is 0.411. The van der Waals surface area contributed by atoms with Crippen LogP contribution >= 0.6 is 0 Å². The summed E-state index contributed by atoms with van der Waals surface area (Å²) in [6.07, 6.45) is 2.55. The van der Waals surface area contributed by atoms with Gasteiger partial charge in [0, 0.05) is 35.0 Å². The highest BCUT2D eigenvalue weighted by molar-refractivity contribution is 7.84. The first-order valence-corrected chi connectivity index (χ1v) is 9.61. The quantitative estimate of drug-likeness (QED) is 0.808. The van der Waals surface area contributed by atoms with Crippen LogP contribution in [-0.2, 0) is 17.3 Å². The van der Waals surface area contributed by atoms with Gasteiger partial charge in [-0.3, -0.25) is 4.21 Å². The molecular formula is C19H24N2O2S. The van der Waals surface area contributed by atoms with Crippen molar-refractivity contribution in [1.82, 2.24) is 10.6 Å². The summed E-state index contributed by atoms with van der Waals surface area (Å²) >= 11 is 0. The fourth-order valence-electron chi connectivity index (χ4n) is 2.39. The number of amides is 2. The number of hydrogen-bond donors (Lipinski definition) is 2. The van der Waals surface area contributed by atoms with Crippen LogP contribution in [0.4, 0.5) is 4.79 Å². The van der Waals surface area contributed by atoms with Gasteiger partial charge in [-0.15, -0.1) is 0 Å². The molecule has 0 saturated carbocycles. The van der Waals surface area contributed by atoms with E-state index in [1.807, 2.05) is 42.5 Å². The van der Waals surface area contributed by atoms with E-state index in [1.54, 1.807) is 6.26 Å². The molecule has 2 atom stereocenters. The molecule has 0 radical (unpaired) electrons. The Balaban J connectivity index is 1.69. The first kappa shape index (κ1) is 18.2. The normalized spacial score (nSPS) is 13.1. The van der Waals surface area contributed by atoms with Gasteiger partial charge in [0.15, 0.2) is 0 Å². The van der Waals surface area contributed by atoms with Crippen LogP contribution in [0.15, 0.2) is 59.5 Å². The monoisotopic (exact) mass is 344 g/mol. The molecule has 0 spiro atoms. The number of hydrogen-bond acceptors (Lipinski definition) is 2. The molecule has 0 saturated heterocycles. The van der Waals surface area contributed by atoms with Crippen molar-refractivity contribution in [1.29, 1.82) is 0 Å². The molecule has 0 aliphatic rings. The summed E-state index contributed by atoms with van der Waals surface area (Å²) in [4.78, 5) is 12.6. The maximum Gasteiger partial charge on any atom is 0.315 e. The third-order valence-electron chi connectivity index (χ3n) is 3.94. The fourth-order valence-corrected chi connectivity index (χ4v) is 2.91. The van der Waals surface area contributed by atoms with Gasteiger partial charge in [0.1, 0.15) is 0 Å². The molecule has 0 bridgehead atoms. The topological polar surface area (TPSA) is 58.2 Å². The van der Waals surface area contributed by atoms with Crippen molar-refractivity contribution in [3.05, 3.63) is 65.7 Å². The average molecular weight is 344 g/mol. The molecule has 2 amide bonds. The maximum atomic E-state index is 11.8. The van der Waals surface area contributed by atoms with Gasteiger partial charge in [0.2, 0.25) is 0 Å². The Morgan fingerprint density at radius 3 is 2.33 bits per heavy atom. The van der Waals surface area contributed by atoms with Crippen molar-refractivity contribution < 1.29 is 9.00 Å². The fraction of sp³-hybridized carbons (Fsp3) is 0.316. The molecule has 2 unspecified atom stereocenters. The molecule has 0 fully saturated rings. The number of benzene rings is 2. The van der Waals surface area contributed by atoms with Crippen LogP contribution in [0.2, 0.25) is 0 Å². The second-order valence-corrected chi connectivity index (χ2v) is 7.19. The highest BCUT2D eigenvalue weighted by atomic mass is 32.2. The summed E-state index contributed by atoms with van der Waals surface area (Å²) in [5.41, 5.74) is 2.27. The Bertz CT molecular complexity index is 672. The van der Waals surface area contributed by atoms with Crippen LogP contribution in [0.5, 0.6) is 0 Å². The molecule has 2 rings (SSSR count). The van der Waals surface area contributed by atoms with Crippen molar-refractivity contribution in [2.24, 2.45) is 0 Å². The van der Waals surface area contributed by atoms with Crippen molar-refractivity contribution in [2.75, 3.05) is 12.8 Å². The Labute approximate surface area is 146 Å². The van der Waals surface area contributed by atoms with E-state index < -0.39 is 10.8 Å². The smallest absolute Gasteiger partial charge is 0.315 e. The number of rotatable bonds is 7. The summed E-state index contributed by atoms with van der Waals surface area (Å²) in [6.45, 7) is 3.25. The second kappa shape index (κ2) is 9.23. The molecule has 0 heterocycles. The van der Waals surface area contributed by atoms with Gasteiger partial charge in [-0.1, -0.05) is 49.4 Å². The first-order valence-electron chi connectivity index (χ1n) is 8.05. The molecular weight excluding hydrogens is 320 g/mol. The van der Waals surface area contributed by atoms with E-state index in [0.717, 1.165) is 16.9 Å². The predicted molar refractivity (Wildman–Crippen MR) is 98.5 cm³/mol. The summed E-state index contributed by atoms with van der Waals surface area (Å²) in [6, 6.07) is 17.5. The Morgan fingerprint density at radius 2 is 1.71 bits per heavy atom. The lowest BCUT2D eigenvalue weighted by molar-refractivity contribution is 0.240. The molecule has 2 aromatic rings. The number of carbonyl (C=O) groups is 1. The minimum Gasteiger partial charge on any atom is -0.338 e. The molecule has 24 heavy (non-hydrogen) atoms. The van der Waals surface area contributed by atoms with Gasteiger partial charge in [-0.25, -0.2) is 4.79 Å². The molecule has 128 valence electrons. The third-order valence-corrected chi connectivity index (χ3v) is 4.88. The van der Waals surface area contributed by atoms with Gasteiger partial charge < -0.3 is 10.6 Å². The molecule has 0 aromatic heterocycles. The molecule has 0 aliphatic carbocycles. The second-order valence-electron chi connectivity index (χ2n) is 5.81. The van der Waals surface area contributed by atoms with Gasteiger partial charge in [-0.2, -0.15) is 0 Å². The third kappa shape index (κ3) is 5.81. The van der Waals surface area contributed by atoms with E-state index in [9.17, 15) is 9.00 Å². The van der Waals surface area contributed by atoms with Gasteiger partial charge in [-0.05, 0) is 35.6 Å². The van der Waals surface area contributed by atoms with Crippen molar-refractivity contribution in [3.63, 3.8) is 0 Å². The first-order chi connectivity index (χ1) is 11.6. The zero-order chi connectivity index (χ0) is 17.4. The summed E-state index contributed by atoms with van der Waals surface area (Å²) < 4.78 is 11.3. The number of urea groups is 1. The van der Waals surface area contributed by atoms with E-state index in [1.165, 1.54) is 5.56 Å². The highest BCUT2D eigenvalue weighted by Crippen LogP contribution is 2.17. The lowest BCUT2D eigenvalue weighted by Crippen LogP contribution is -2.35. The molecule has 0 aliphatic heterocycles. The Hall–Kier alpha value is -2.14. The number of nitrogens with one attached hydrogen (secondary N) is 2. The lowest BCUT2D eigenvalue weighted by Gasteiger charge is -2.13. The van der Waals surface area contributed by atoms with E-state index in [2.05, 4.69) is 29.7 Å². The molecule has 5 heteroatoms. The zero-order valence-electron chi connectivity index (χ0n) is 14.1. The van der Waals surface area contributed by atoms with E-state index in [0.29, 0.717) is 19.0 Å². The average Bonchev–Trinajstić information content (AvgIpc) is 2.61. The van der Waals surface area contributed by atoms with E-state index >= 15 is 0 Å². The van der Waals surface area contributed by atoms with Crippen molar-refractivity contribution in [2.45, 2.75) is 30.7 Å². The largest absolute Gasteiger partial charge is 0.338 e. The standard InChI is InChI=1S/C19H24N2O2S/c1-15(17-6-4-3-5-7-17)12-13-20-19(22)21-14-16-8-10-18(11-9-16)24(2)23/h3-11,15H,12-14H2,1-2H3,(H2,20,21,22). The van der Waals surface area contributed by atoms with E-state index in [-0.39, 0.29) is 6.03 Å². The van der Waals surface area contributed by atoms with Crippen molar-refractivity contribution in [3.8, 4) is 0 Å². The Kier molecular flexibility index (Phi) is 7.00. The van der Waals surface area contributed by atoms with E-state index in [4.69, 9.17) is 0 Å². The van der Waals surface area contributed by atoms with Crippen LogP contribution in [0.3, 0.4) is 0 Å². The molecule has 2 N–H and O–H groups in total. The highest BCUT2D eigenvalue weighted by Gasteiger charge is 2.06. The SMILES string of the molecule is CC(CCNC(=O)NCc1ccc(S(C)=O)cc1)c1ccccc1. The van der Waals surface area contributed by atoms with Crippen LogP contribution in [0.25, 0.3) is 0 Å². The van der Waals surface area contributed by atoms with Crippen molar-refractivity contribution >= 4 is 16.8 Å². The molecule has 4 nitrogen and oxygen atoms in total. The zero-order valence-corrected chi connectivity index (χ0v) is 14.9. The van der Waals surface area contributed by atoms with Crippen LogP contribution in [0, 0.1) is 0 Å².